The standard InChI is InChI=1S/C20H24N4O2/c1-12-19(13(2)23-11-22-12)17-9-15(24-20(25)14-3-4-14)5-6-18(17)26-16-7-8-21-10-16/h5-6,9,11,14,16,21H,3-4,7-8,10H2,1-2H3,(H,24,25). The predicted octanol–water partition coefficient (Wildman–Crippen LogP) is 2.85. The molecule has 6 heteroatoms. The summed E-state index contributed by atoms with van der Waals surface area (Å²) in [4.78, 5) is 20.8. The molecule has 1 saturated heterocycles. The van der Waals surface area contributed by atoms with Crippen LogP contribution in [0.5, 0.6) is 5.75 Å². The van der Waals surface area contributed by atoms with Gasteiger partial charge < -0.3 is 15.4 Å². The average Bonchev–Trinajstić information content (AvgIpc) is 3.35. The van der Waals surface area contributed by atoms with Gasteiger partial charge in [0.25, 0.3) is 0 Å². The van der Waals surface area contributed by atoms with Crippen LogP contribution in [0.3, 0.4) is 0 Å². The molecule has 0 bridgehead atoms. The summed E-state index contributed by atoms with van der Waals surface area (Å²) in [7, 11) is 0. The van der Waals surface area contributed by atoms with E-state index >= 15 is 0 Å². The number of carbonyl (C=O) groups excluding carboxylic acids is 1. The fourth-order valence-corrected chi connectivity index (χ4v) is 3.39. The number of anilines is 1. The molecule has 26 heavy (non-hydrogen) atoms. The van der Waals surface area contributed by atoms with Crippen LogP contribution in [0.4, 0.5) is 5.69 Å². The Morgan fingerprint density at radius 1 is 1.19 bits per heavy atom. The predicted molar refractivity (Wildman–Crippen MR) is 100 cm³/mol. The van der Waals surface area contributed by atoms with E-state index in [1.165, 1.54) is 0 Å². The Kier molecular flexibility index (Phi) is 4.59. The maximum Gasteiger partial charge on any atom is 0.227 e. The number of amides is 1. The molecular formula is C20H24N4O2. The summed E-state index contributed by atoms with van der Waals surface area (Å²) in [5, 5.41) is 6.35. The molecule has 1 saturated carbocycles. The lowest BCUT2D eigenvalue weighted by Crippen LogP contribution is -2.20. The van der Waals surface area contributed by atoms with E-state index < -0.39 is 0 Å². The van der Waals surface area contributed by atoms with Crippen LogP contribution in [0.25, 0.3) is 11.1 Å². The van der Waals surface area contributed by atoms with Crippen molar-refractivity contribution in [3.63, 3.8) is 0 Å². The molecular weight excluding hydrogens is 328 g/mol. The van der Waals surface area contributed by atoms with Crippen molar-refractivity contribution in [2.24, 2.45) is 5.92 Å². The monoisotopic (exact) mass is 352 g/mol. The Morgan fingerprint density at radius 2 is 1.96 bits per heavy atom. The highest BCUT2D eigenvalue weighted by Crippen LogP contribution is 2.37. The molecule has 6 nitrogen and oxygen atoms in total. The van der Waals surface area contributed by atoms with Crippen LogP contribution in [0.15, 0.2) is 24.5 Å². The fourth-order valence-electron chi connectivity index (χ4n) is 3.39. The molecule has 0 spiro atoms. The number of benzene rings is 1. The van der Waals surface area contributed by atoms with Gasteiger partial charge in [0.05, 0.1) is 0 Å². The van der Waals surface area contributed by atoms with Gasteiger partial charge in [0.1, 0.15) is 18.2 Å². The lowest BCUT2D eigenvalue weighted by Gasteiger charge is -2.19. The maximum absolute atomic E-state index is 12.1. The van der Waals surface area contributed by atoms with Crippen LogP contribution in [-0.2, 0) is 4.79 Å². The second-order valence-electron chi connectivity index (χ2n) is 7.13. The van der Waals surface area contributed by atoms with Crippen LogP contribution in [0.2, 0.25) is 0 Å². The van der Waals surface area contributed by atoms with Crippen LogP contribution in [0, 0.1) is 19.8 Å². The van der Waals surface area contributed by atoms with Crippen LogP contribution in [-0.4, -0.2) is 35.1 Å². The second-order valence-corrected chi connectivity index (χ2v) is 7.13. The number of hydrogen-bond donors (Lipinski definition) is 2. The van der Waals surface area contributed by atoms with Crippen molar-refractivity contribution in [2.45, 2.75) is 39.2 Å². The summed E-state index contributed by atoms with van der Waals surface area (Å²) in [6, 6.07) is 5.84. The quantitative estimate of drug-likeness (QED) is 0.865. The summed E-state index contributed by atoms with van der Waals surface area (Å²) in [5.74, 6) is 1.08. The van der Waals surface area contributed by atoms with E-state index in [9.17, 15) is 4.79 Å². The van der Waals surface area contributed by atoms with Crippen molar-refractivity contribution >= 4 is 11.6 Å². The van der Waals surface area contributed by atoms with Crippen molar-refractivity contribution in [2.75, 3.05) is 18.4 Å². The first-order valence-electron chi connectivity index (χ1n) is 9.22. The number of rotatable bonds is 5. The minimum atomic E-state index is 0.0994. The number of nitrogens with zero attached hydrogens (tertiary/aromatic N) is 2. The van der Waals surface area contributed by atoms with Gasteiger partial charge in [0.15, 0.2) is 0 Å². The topological polar surface area (TPSA) is 76.1 Å². The summed E-state index contributed by atoms with van der Waals surface area (Å²) < 4.78 is 6.26. The molecule has 2 heterocycles. The van der Waals surface area contributed by atoms with Crippen molar-refractivity contribution in [1.29, 1.82) is 0 Å². The Labute approximate surface area is 153 Å². The van der Waals surface area contributed by atoms with Gasteiger partial charge in [-0.25, -0.2) is 9.97 Å². The normalized spacial score (nSPS) is 19.4. The van der Waals surface area contributed by atoms with Crippen LogP contribution < -0.4 is 15.4 Å². The average molecular weight is 352 g/mol. The van der Waals surface area contributed by atoms with Crippen LogP contribution in [0.1, 0.15) is 30.7 Å². The minimum absolute atomic E-state index is 0.0994. The third-order valence-corrected chi connectivity index (χ3v) is 5.00. The Morgan fingerprint density at radius 3 is 2.62 bits per heavy atom. The molecule has 2 N–H and O–H groups in total. The number of ether oxygens (including phenoxy) is 1. The van der Waals surface area contributed by atoms with E-state index in [-0.39, 0.29) is 17.9 Å². The number of nitrogens with one attached hydrogen (secondary N) is 2. The van der Waals surface area contributed by atoms with Gasteiger partial charge in [-0.15, -0.1) is 0 Å². The van der Waals surface area contributed by atoms with E-state index in [0.29, 0.717) is 0 Å². The molecule has 2 aliphatic rings. The van der Waals surface area contributed by atoms with Crippen molar-refractivity contribution in [1.82, 2.24) is 15.3 Å². The summed E-state index contributed by atoms with van der Waals surface area (Å²) >= 11 is 0. The van der Waals surface area contributed by atoms with Crippen molar-refractivity contribution < 1.29 is 9.53 Å². The van der Waals surface area contributed by atoms with Gasteiger partial charge in [-0.05, 0) is 57.9 Å². The van der Waals surface area contributed by atoms with E-state index in [4.69, 9.17) is 4.74 Å². The summed E-state index contributed by atoms with van der Waals surface area (Å²) in [5.41, 5.74) is 4.49. The molecule has 0 radical (unpaired) electrons. The van der Waals surface area contributed by atoms with Crippen LogP contribution >= 0.6 is 0 Å². The van der Waals surface area contributed by atoms with Gasteiger partial charge in [0, 0.05) is 40.7 Å². The summed E-state index contributed by atoms with van der Waals surface area (Å²) in [6.45, 7) is 5.77. The molecule has 1 aromatic carbocycles. The Balaban J connectivity index is 1.71. The molecule has 4 rings (SSSR count). The molecule has 1 amide bonds. The highest BCUT2D eigenvalue weighted by atomic mass is 16.5. The SMILES string of the molecule is Cc1ncnc(C)c1-c1cc(NC(=O)C2CC2)ccc1OC1CCNC1. The smallest absolute Gasteiger partial charge is 0.227 e. The van der Waals surface area contributed by atoms with Gasteiger partial charge >= 0.3 is 0 Å². The lowest BCUT2D eigenvalue weighted by atomic mass is 10.0. The Bertz CT molecular complexity index is 806. The number of aromatic nitrogens is 2. The molecule has 2 fully saturated rings. The first-order chi connectivity index (χ1) is 12.6. The summed E-state index contributed by atoms with van der Waals surface area (Å²) in [6.07, 6.45) is 4.70. The fraction of sp³-hybridized carbons (Fsp3) is 0.450. The molecule has 1 aliphatic carbocycles. The van der Waals surface area contributed by atoms with Crippen molar-refractivity contribution in [3.8, 4) is 16.9 Å². The van der Waals surface area contributed by atoms with Gasteiger partial charge in [-0.2, -0.15) is 0 Å². The first-order valence-corrected chi connectivity index (χ1v) is 9.22. The molecule has 136 valence electrons. The molecule has 1 aromatic heterocycles. The third kappa shape index (κ3) is 3.55. The van der Waals surface area contributed by atoms with E-state index in [2.05, 4.69) is 20.6 Å². The highest BCUT2D eigenvalue weighted by Gasteiger charge is 2.30. The highest BCUT2D eigenvalue weighted by molar-refractivity contribution is 5.95. The van der Waals surface area contributed by atoms with E-state index in [1.54, 1.807) is 6.33 Å². The lowest BCUT2D eigenvalue weighted by molar-refractivity contribution is -0.117. The Hall–Kier alpha value is -2.47. The minimum Gasteiger partial charge on any atom is -0.488 e. The second kappa shape index (κ2) is 7.03. The maximum atomic E-state index is 12.1. The third-order valence-electron chi connectivity index (χ3n) is 5.00. The zero-order valence-electron chi connectivity index (χ0n) is 15.2. The van der Waals surface area contributed by atoms with Crippen molar-refractivity contribution in [3.05, 3.63) is 35.9 Å². The molecule has 1 unspecified atom stereocenters. The van der Waals surface area contributed by atoms with E-state index in [0.717, 1.165) is 66.3 Å². The molecule has 1 atom stereocenters. The molecule has 1 aliphatic heterocycles. The molecule has 2 aromatic rings. The number of hydrogen-bond acceptors (Lipinski definition) is 5. The van der Waals surface area contributed by atoms with Gasteiger partial charge in [0.2, 0.25) is 5.91 Å². The first kappa shape index (κ1) is 17.0. The zero-order chi connectivity index (χ0) is 18.1. The largest absolute Gasteiger partial charge is 0.488 e. The number of aryl methyl sites for hydroxylation is 2. The van der Waals surface area contributed by atoms with E-state index in [1.807, 2.05) is 32.0 Å². The zero-order valence-corrected chi connectivity index (χ0v) is 15.2. The number of carbonyl (C=O) groups is 1. The van der Waals surface area contributed by atoms with Gasteiger partial charge in [-0.3, -0.25) is 4.79 Å². The van der Waals surface area contributed by atoms with Gasteiger partial charge in [-0.1, -0.05) is 0 Å².